The second kappa shape index (κ2) is 8.42. The lowest BCUT2D eigenvalue weighted by molar-refractivity contribution is 0.0501. The average Bonchev–Trinajstić information content (AvgIpc) is 2.97. The molecular weight excluding hydrogens is 323 g/mol. The number of rotatable bonds is 8. The van der Waals surface area contributed by atoms with E-state index in [0.717, 1.165) is 11.8 Å². The first-order valence-corrected chi connectivity index (χ1v) is 7.99. The molecule has 6 nitrogen and oxygen atoms in total. The molecule has 1 heterocycles. The summed E-state index contributed by atoms with van der Waals surface area (Å²) in [6.07, 6.45) is 2.03. The average molecular weight is 340 g/mol. The fourth-order valence-corrected chi connectivity index (χ4v) is 2.53. The number of halogens is 1. The summed E-state index contributed by atoms with van der Waals surface area (Å²) >= 11 is 0.968. The predicted molar refractivity (Wildman–Crippen MR) is 82.6 cm³/mol. The highest BCUT2D eigenvalue weighted by molar-refractivity contribution is 7.99. The second-order valence-corrected chi connectivity index (χ2v) is 5.48. The maximum absolute atomic E-state index is 12.7. The van der Waals surface area contributed by atoms with E-state index in [2.05, 4.69) is 5.10 Å². The molecule has 1 aromatic carbocycles. The Bertz CT molecular complexity index is 663. The van der Waals surface area contributed by atoms with Crippen molar-refractivity contribution in [1.82, 2.24) is 9.94 Å². The minimum atomic E-state index is -0.619. The van der Waals surface area contributed by atoms with Gasteiger partial charge in [0, 0.05) is 16.5 Å². The summed E-state index contributed by atoms with van der Waals surface area (Å²) in [5, 5.41) is 12.8. The number of alkyl halides is 1. The van der Waals surface area contributed by atoms with Crippen molar-refractivity contribution in [2.75, 3.05) is 12.6 Å². The van der Waals surface area contributed by atoms with Crippen LogP contribution in [0.3, 0.4) is 0 Å². The van der Waals surface area contributed by atoms with Crippen LogP contribution in [0.2, 0.25) is 0 Å². The van der Waals surface area contributed by atoms with Gasteiger partial charge in [-0.3, -0.25) is 0 Å². The molecule has 1 N–H and O–H groups in total. The van der Waals surface area contributed by atoms with Crippen molar-refractivity contribution in [3.63, 3.8) is 0 Å². The Morgan fingerprint density at radius 3 is 2.91 bits per heavy atom. The molecule has 0 aliphatic carbocycles. The normalized spacial score (nSPS) is 10.5. The number of benzene rings is 1. The van der Waals surface area contributed by atoms with E-state index < -0.39 is 12.0 Å². The van der Waals surface area contributed by atoms with Gasteiger partial charge in [0.05, 0.1) is 18.4 Å². The number of nitrogens with zero attached hydrogens (tertiary/aromatic N) is 2. The smallest absolute Gasteiger partial charge is 0.338 e. The first-order chi connectivity index (χ1) is 11.2. The molecule has 0 aliphatic rings. The van der Waals surface area contributed by atoms with E-state index in [-0.39, 0.29) is 12.5 Å². The summed E-state index contributed by atoms with van der Waals surface area (Å²) in [7, 11) is 0. The van der Waals surface area contributed by atoms with Crippen molar-refractivity contribution in [2.24, 2.45) is 0 Å². The van der Waals surface area contributed by atoms with Crippen molar-refractivity contribution in [3.05, 3.63) is 41.6 Å². The minimum absolute atomic E-state index is 0.0107. The standard InChI is InChI=1S/C15H17FN2O4S/c1-2-8-21-15(19)11-4-3-5-13(23-10-16)12(11)9-22-14-6-7-18(20)17-14/h3-7,20H,2,8-10H2,1H3. The minimum Gasteiger partial charge on any atom is -0.472 e. The fourth-order valence-electron chi connectivity index (χ4n) is 1.89. The molecule has 1 aromatic heterocycles. The van der Waals surface area contributed by atoms with Crippen LogP contribution in [-0.4, -0.2) is 33.7 Å². The van der Waals surface area contributed by atoms with Crippen LogP contribution in [-0.2, 0) is 11.3 Å². The van der Waals surface area contributed by atoms with Gasteiger partial charge < -0.3 is 14.7 Å². The Morgan fingerprint density at radius 1 is 1.43 bits per heavy atom. The van der Waals surface area contributed by atoms with Gasteiger partial charge >= 0.3 is 5.97 Å². The fraction of sp³-hybridized carbons (Fsp3) is 0.333. The number of hydrogen-bond donors (Lipinski definition) is 1. The van der Waals surface area contributed by atoms with E-state index in [1.54, 1.807) is 18.2 Å². The van der Waals surface area contributed by atoms with Crippen LogP contribution in [0.15, 0.2) is 35.4 Å². The summed E-state index contributed by atoms with van der Waals surface area (Å²) < 4.78 is 23.3. The van der Waals surface area contributed by atoms with Gasteiger partial charge in [-0.2, -0.15) is 0 Å². The van der Waals surface area contributed by atoms with Crippen molar-refractivity contribution in [3.8, 4) is 5.88 Å². The summed E-state index contributed by atoms with van der Waals surface area (Å²) in [4.78, 5) is 13.4. The molecule has 0 saturated heterocycles. The molecule has 0 unspecified atom stereocenters. The van der Waals surface area contributed by atoms with Crippen LogP contribution in [0, 0.1) is 0 Å². The lowest BCUT2D eigenvalue weighted by Crippen LogP contribution is -2.12. The van der Waals surface area contributed by atoms with Gasteiger partial charge in [-0.05, 0) is 18.6 Å². The molecular formula is C15H17FN2O4S. The highest BCUT2D eigenvalue weighted by atomic mass is 32.2. The predicted octanol–water partition coefficient (Wildman–Crippen LogP) is 3.29. The number of esters is 1. The Labute approximate surface area is 137 Å². The molecule has 0 spiro atoms. The Morgan fingerprint density at radius 2 is 2.26 bits per heavy atom. The van der Waals surface area contributed by atoms with Gasteiger partial charge in [-0.1, -0.05) is 29.9 Å². The summed E-state index contributed by atoms with van der Waals surface area (Å²) in [6, 6.07) is 5.85. The Balaban J connectivity index is 2.23. The highest BCUT2D eigenvalue weighted by Crippen LogP contribution is 2.27. The number of carbonyl (C=O) groups is 1. The summed E-state index contributed by atoms with van der Waals surface area (Å²) in [5.41, 5.74) is 0.865. The van der Waals surface area contributed by atoms with Gasteiger partial charge in [0.1, 0.15) is 12.6 Å². The third-order valence-electron chi connectivity index (χ3n) is 2.92. The molecule has 0 atom stereocenters. The van der Waals surface area contributed by atoms with Gasteiger partial charge in [0.25, 0.3) is 0 Å². The van der Waals surface area contributed by atoms with Gasteiger partial charge in [0.15, 0.2) is 0 Å². The summed E-state index contributed by atoms with van der Waals surface area (Å²) in [6.45, 7) is 2.23. The zero-order valence-electron chi connectivity index (χ0n) is 12.6. The van der Waals surface area contributed by atoms with Crippen molar-refractivity contribution >= 4 is 17.7 Å². The van der Waals surface area contributed by atoms with E-state index in [4.69, 9.17) is 14.7 Å². The van der Waals surface area contributed by atoms with Gasteiger partial charge in [0.2, 0.25) is 5.88 Å². The molecule has 0 fully saturated rings. The molecule has 0 amide bonds. The highest BCUT2D eigenvalue weighted by Gasteiger charge is 2.17. The van der Waals surface area contributed by atoms with Crippen LogP contribution in [0.4, 0.5) is 4.39 Å². The molecule has 0 saturated carbocycles. The number of thioether (sulfide) groups is 1. The molecule has 8 heteroatoms. The van der Waals surface area contributed by atoms with Gasteiger partial charge in [-0.25, -0.2) is 9.18 Å². The second-order valence-electron chi connectivity index (χ2n) is 4.53. The van der Waals surface area contributed by atoms with E-state index in [1.165, 1.54) is 12.3 Å². The zero-order valence-corrected chi connectivity index (χ0v) is 13.4. The van der Waals surface area contributed by atoms with Crippen molar-refractivity contribution in [2.45, 2.75) is 24.8 Å². The third-order valence-corrected chi connectivity index (χ3v) is 3.72. The van der Waals surface area contributed by atoms with E-state index >= 15 is 0 Å². The molecule has 23 heavy (non-hydrogen) atoms. The summed E-state index contributed by atoms with van der Waals surface area (Å²) in [5.74, 6) is -0.278. The van der Waals surface area contributed by atoms with Crippen molar-refractivity contribution < 1.29 is 23.9 Å². The molecule has 2 rings (SSSR count). The molecule has 0 radical (unpaired) electrons. The van der Waals surface area contributed by atoms with E-state index in [1.807, 2.05) is 6.92 Å². The number of ether oxygens (including phenoxy) is 2. The van der Waals surface area contributed by atoms with Gasteiger partial charge in [-0.15, -0.1) is 4.85 Å². The van der Waals surface area contributed by atoms with Crippen LogP contribution in [0.1, 0.15) is 29.3 Å². The van der Waals surface area contributed by atoms with Crippen molar-refractivity contribution in [1.29, 1.82) is 0 Å². The van der Waals surface area contributed by atoms with E-state index in [9.17, 15) is 9.18 Å². The van der Waals surface area contributed by atoms with E-state index in [0.29, 0.717) is 33.9 Å². The number of carbonyl (C=O) groups excluding carboxylic acids is 1. The zero-order chi connectivity index (χ0) is 16.7. The third kappa shape index (κ3) is 4.62. The monoisotopic (exact) mass is 340 g/mol. The Hall–Kier alpha value is -2.22. The maximum atomic E-state index is 12.7. The number of aromatic nitrogens is 2. The molecule has 124 valence electrons. The van der Waals surface area contributed by atoms with Crippen LogP contribution < -0.4 is 4.74 Å². The van der Waals surface area contributed by atoms with Crippen LogP contribution >= 0.6 is 11.8 Å². The largest absolute Gasteiger partial charge is 0.472 e. The first-order valence-electron chi connectivity index (χ1n) is 7.01. The first kappa shape index (κ1) is 17.1. The SMILES string of the molecule is CCCOC(=O)c1cccc(SCF)c1COc1ccn(O)n1. The quantitative estimate of drug-likeness (QED) is 0.452. The Kier molecular flexibility index (Phi) is 6.28. The topological polar surface area (TPSA) is 73.6 Å². The molecule has 2 aromatic rings. The molecule has 0 aliphatic heterocycles. The maximum Gasteiger partial charge on any atom is 0.338 e. The lowest BCUT2D eigenvalue weighted by Gasteiger charge is -2.13. The van der Waals surface area contributed by atoms with Crippen LogP contribution in [0.5, 0.6) is 5.88 Å². The lowest BCUT2D eigenvalue weighted by atomic mass is 10.1. The molecule has 0 bridgehead atoms. The number of hydrogen-bond acceptors (Lipinski definition) is 6. The van der Waals surface area contributed by atoms with Crippen LogP contribution in [0.25, 0.3) is 0 Å².